The predicted octanol–water partition coefficient (Wildman–Crippen LogP) is 4.28. The van der Waals surface area contributed by atoms with E-state index in [4.69, 9.17) is 11.6 Å². The molecule has 0 saturated carbocycles. The Morgan fingerprint density at radius 3 is 2.52 bits per heavy atom. The zero-order chi connectivity index (χ0) is 15.4. The third-order valence-corrected chi connectivity index (χ3v) is 3.90. The van der Waals surface area contributed by atoms with Crippen molar-refractivity contribution in [1.82, 2.24) is 0 Å². The molecule has 1 heterocycles. The molecule has 0 spiro atoms. The number of amides is 1. The van der Waals surface area contributed by atoms with Crippen LogP contribution in [0.15, 0.2) is 30.3 Å². The lowest BCUT2D eigenvalue weighted by Gasteiger charge is -2.05. The van der Waals surface area contributed by atoms with Crippen molar-refractivity contribution in [2.24, 2.45) is 0 Å². The lowest BCUT2D eigenvalue weighted by Crippen LogP contribution is -2.14. The average molecular weight is 330 g/mol. The molecule has 0 fully saturated rings. The van der Waals surface area contributed by atoms with Gasteiger partial charge < -0.3 is 5.32 Å². The van der Waals surface area contributed by atoms with Crippen molar-refractivity contribution in [2.75, 3.05) is 5.32 Å². The summed E-state index contributed by atoms with van der Waals surface area (Å²) in [7, 11) is 0. The number of hydrogen-bond donors (Lipinski definition) is 1. The monoisotopic (exact) mass is 329 g/mol. The van der Waals surface area contributed by atoms with Crippen LogP contribution in [-0.4, -0.2) is 11.7 Å². The van der Waals surface area contributed by atoms with Gasteiger partial charge in [0.05, 0.1) is 14.9 Å². The van der Waals surface area contributed by atoms with Gasteiger partial charge in [-0.1, -0.05) is 11.6 Å². The number of anilines is 1. The van der Waals surface area contributed by atoms with E-state index < -0.39 is 17.5 Å². The van der Waals surface area contributed by atoms with Crippen molar-refractivity contribution in [2.45, 2.75) is 12.8 Å². The summed E-state index contributed by atoms with van der Waals surface area (Å²) in [5.41, 5.74) is -0.118. The Labute approximate surface area is 128 Å². The van der Waals surface area contributed by atoms with Crippen LogP contribution in [0.1, 0.15) is 22.5 Å². The molecule has 0 radical (unpaired) electrons. The van der Waals surface area contributed by atoms with Gasteiger partial charge in [0.2, 0.25) is 5.91 Å². The Bertz CT molecular complexity index is 687. The second-order valence-electron chi connectivity index (χ2n) is 4.20. The summed E-state index contributed by atoms with van der Waals surface area (Å²) >= 11 is 6.86. The largest absolute Gasteiger partial charge is 0.324 e. The standard InChI is InChI=1S/C14H10ClF2NO2S/c15-13-5-4-12(21-13)11(19)3-6-14(20)18-10-2-1-8(16)7-9(10)17/h1-2,4-5,7H,3,6H2,(H,18,20). The van der Waals surface area contributed by atoms with Crippen molar-refractivity contribution >= 4 is 40.3 Å². The average Bonchev–Trinajstić information content (AvgIpc) is 2.86. The SMILES string of the molecule is O=C(CCC(=O)c1ccc(Cl)s1)Nc1ccc(F)cc1F. The van der Waals surface area contributed by atoms with Crippen molar-refractivity contribution in [3.63, 3.8) is 0 Å². The van der Waals surface area contributed by atoms with Crippen molar-refractivity contribution in [3.05, 3.63) is 51.2 Å². The van der Waals surface area contributed by atoms with Crippen LogP contribution in [0.2, 0.25) is 4.34 Å². The number of nitrogens with one attached hydrogen (secondary N) is 1. The van der Waals surface area contributed by atoms with Gasteiger partial charge >= 0.3 is 0 Å². The first kappa shape index (κ1) is 15.6. The van der Waals surface area contributed by atoms with Gasteiger partial charge in [-0.2, -0.15) is 0 Å². The zero-order valence-corrected chi connectivity index (χ0v) is 12.2. The van der Waals surface area contributed by atoms with E-state index in [1.54, 1.807) is 12.1 Å². The lowest BCUT2D eigenvalue weighted by atomic mass is 10.2. The number of halogens is 3. The molecule has 0 unspecified atom stereocenters. The van der Waals surface area contributed by atoms with E-state index in [1.165, 1.54) is 0 Å². The van der Waals surface area contributed by atoms with Gasteiger partial charge in [0, 0.05) is 18.9 Å². The number of carbonyl (C=O) groups is 2. The first-order valence-electron chi connectivity index (χ1n) is 5.99. The van der Waals surface area contributed by atoms with E-state index in [0.717, 1.165) is 23.5 Å². The number of Topliss-reactive ketones (excluding diaryl/α,β-unsaturated/α-hetero) is 1. The Hall–Kier alpha value is -1.79. The number of ketones is 1. The van der Waals surface area contributed by atoms with Crippen molar-refractivity contribution < 1.29 is 18.4 Å². The van der Waals surface area contributed by atoms with E-state index in [1.807, 2.05) is 0 Å². The van der Waals surface area contributed by atoms with Gasteiger partial charge in [-0.25, -0.2) is 8.78 Å². The molecule has 0 atom stereocenters. The van der Waals surface area contributed by atoms with Crippen LogP contribution in [0.25, 0.3) is 0 Å². The molecule has 21 heavy (non-hydrogen) atoms. The number of benzene rings is 1. The summed E-state index contributed by atoms with van der Waals surface area (Å²) < 4.78 is 26.6. The van der Waals surface area contributed by atoms with Gasteiger partial charge in [-0.05, 0) is 24.3 Å². The highest BCUT2D eigenvalue weighted by Gasteiger charge is 2.13. The molecule has 1 aromatic heterocycles. The van der Waals surface area contributed by atoms with Crippen LogP contribution in [0.4, 0.5) is 14.5 Å². The fraction of sp³-hybridized carbons (Fsp3) is 0.143. The molecular weight excluding hydrogens is 320 g/mol. The third kappa shape index (κ3) is 4.34. The molecule has 1 amide bonds. The quantitative estimate of drug-likeness (QED) is 0.832. The van der Waals surface area contributed by atoms with Crippen LogP contribution < -0.4 is 5.32 Å². The van der Waals surface area contributed by atoms with Gasteiger partial charge in [-0.3, -0.25) is 9.59 Å². The number of thiophene rings is 1. The molecule has 0 aliphatic heterocycles. The zero-order valence-electron chi connectivity index (χ0n) is 10.7. The predicted molar refractivity (Wildman–Crippen MR) is 77.9 cm³/mol. The summed E-state index contributed by atoms with van der Waals surface area (Å²) in [6.07, 6.45) is -0.101. The molecule has 1 N–H and O–H groups in total. The second kappa shape index (κ2) is 6.78. The summed E-state index contributed by atoms with van der Waals surface area (Å²) in [5.74, 6) is -2.31. The summed E-state index contributed by atoms with van der Waals surface area (Å²) in [4.78, 5) is 23.9. The van der Waals surface area contributed by atoms with Crippen LogP contribution >= 0.6 is 22.9 Å². The Morgan fingerprint density at radius 1 is 1.14 bits per heavy atom. The highest BCUT2D eigenvalue weighted by Crippen LogP contribution is 2.23. The molecule has 2 aromatic rings. The van der Waals surface area contributed by atoms with Crippen LogP contribution in [0.5, 0.6) is 0 Å². The third-order valence-electron chi connectivity index (χ3n) is 2.63. The molecule has 3 nitrogen and oxygen atoms in total. The fourth-order valence-corrected chi connectivity index (χ4v) is 2.63. The van der Waals surface area contributed by atoms with Gasteiger partial charge in [0.25, 0.3) is 0 Å². The molecule has 0 aliphatic rings. The Morgan fingerprint density at radius 2 is 1.90 bits per heavy atom. The first-order valence-corrected chi connectivity index (χ1v) is 7.18. The second-order valence-corrected chi connectivity index (χ2v) is 5.91. The van der Waals surface area contributed by atoms with Crippen LogP contribution in [0, 0.1) is 11.6 Å². The van der Waals surface area contributed by atoms with Crippen LogP contribution in [-0.2, 0) is 4.79 Å². The van der Waals surface area contributed by atoms with E-state index in [2.05, 4.69) is 5.32 Å². The van der Waals surface area contributed by atoms with E-state index in [9.17, 15) is 18.4 Å². The van der Waals surface area contributed by atoms with E-state index in [-0.39, 0.29) is 24.3 Å². The summed E-state index contributed by atoms with van der Waals surface area (Å²) in [5, 5.41) is 2.29. The maximum atomic E-state index is 13.3. The maximum absolute atomic E-state index is 13.3. The highest BCUT2D eigenvalue weighted by molar-refractivity contribution is 7.18. The van der Waals surface area contributed by atoms with Crippen molar-refractivity contribution in [1.29, 1.82) is 0 Å². The molecule has 0 bridgehead atoms. The smallest absolute Gasteiger partial charge is 0.224 e. The molecule has 7 heteroatoms. The van der Waals surface area contributed by atoms with Crippen LogP contribution in [0.3, 0.4) is 0 Å². The minimum absolute atomic E-state index is 0.00844. The Balaban J connectivity index is 1.89. The highest BCUT2D eigenvalue weighted by atomic mass is 35.5. The normalized spacial score (nSPS) is 10.4. The molecule has 0 saturated heterocycles. The van der Waals surface area contributed by atoms with E-state index >= 15 is 0 Å². The minimum atomic E-state index is -0.861. The van der Waals surface area contributed by atoms with Gasteiger partial charge in [-0.15, -0.1) is 11.3 Å². The van der Waals surface area contributed by atoms with Gasteiger partial charge in [0.1, 0.15) is 11.6 Å². The number of carbonyl (C=O) groups excluding carboxylic acids is 2. The minimum Gasteiger partial charge on any atom is -0.324 e. The number of hydrogen-bond acceptors (Lipinski definition) is 3. The lowest BCUT2D eigenvalue weighted by molar-refractivity contribution is -0.116. The molecule has 2 rings (SSSR count). The Kier molecular flexibility index (Phi) is 5.03. The topological polar surface area (TPSA) is 46.2 Å². The van der Waals surface area contributed by atoms with Crippen molar-refractivity contribution in [3.8, 4) is 0 Å². The summed E-state index contributed by atoms with van der Waals surface area (Å²) in [6, 6.07) is 6.04. The molecule has 0 aliphatic carbocycles. The number of rotatable bonds is 5. The molecule has 1 aromatic carbocycles. The fourth-order valence-electron chi connectivity index (χ4n) is 1.62. The first-order chi connectivity index (χ1) is 9.95. The van der Waals surface area contributed by atoms with E-state index in [0.29, 0.717) is 15.3 Å². The summed E-state index contributed by atoms with van der Waals surface area (Å²) in [6.45, 7) is 0. The molecular formula is C14H10ClF2NO2S. The molecule has 110 valence electrons. The maximum Gasteiger partial charge on any atom is 0.224 e. The van der Waals surface area contributed by atoms with Gasteiger partial charge in [0.15, 0.2) is 5.78 Å².